The fourth-order valence-corrected chi connectivity index (χ4v) is 4.81. The van der Waals surface area contributed by atoms with Crippen LogP contribution in [0.2, 0.25) is 13.1 Å². The largest absolute Gasteiger partial charge is 0.489 e. The number of halogens is 1. The summed E-state index contributed by atoms with van der Waals surface area (Å²) < 4.78 is 55.5. The molecule has 0 aromatic heterocycles. The lowest BCUT2D eigenvalue weighted by Crippen LogP contribution is -2.40. The first-order valence-corrected chi connectivity index (χ1v) is 15.3. The smallest absolute Gasteiger partial charge is 0.264 e. The molecule has 2 aromatic carbocycles. The molecule has 1 radical (unpaired) electrons. The number of ether oxygens (including phenoxy) is 1. The standard InChI is InChI=1S/C25H36FO5SSi/c1-25(2,3)22(18-30-33(5)6)23(31-32(4,27)28)15-13-20-12-14-21(26)16-24(20)29-17-19-10-8-7-9-11-19/h7-12,14,16,22-23H,13,15,17-18H2,1-6H3/t22-,23-/m0/s1. The third-order valence-electron chi connectivity index (χ3n) is 5.38. The Bertz CT molecular complexity index is 974. The molecule has 0 aliphatic rings. The van der Waals surface area contributed by atoms with E-state index < -0.39 is 25.3 Å². The van der Waals surface area contributed by atoms with E-state index in [-0.39, 0.29) is 17.2 Å². The van der Waals surface area contributed by atoms with E-state index in [1.54, 1.807) is 6.07 Å². The fraction of sp³-hybridized carbons (Fsp3) is 0.520. The van der Waals surface area contributed by atoms with Crippen molar-refractivity contribution in [2.75, 3.05) is 12.9 Å². The van der Waals surface area contributed by atoms with Gasteiger partial charge in [0.15, 0.2) is 0 Å². The second kappa shape index (κ2) is 12.1. The summed E-state index contributed by atoms with van der Waals surface area (Å²) in [6, 6.07) is 14.1. The van der Waals surface area contributed by atoms with Gasteiger partial charge in [0.2, 0.25) is 9.04 Å². The lowest BCUT2D eigenvalue weighted by Gasteiger charge is -2.36. The Labute approximate surface area is 200 Å². The van der Waals surface area contributed by atoms with E-state index in [4.69, 9.17) is 13.3 Å². The third-order valence-corrected chi connectivity index (χ3v) is 6.72. The number of hydrogen-bond acceptors (Lipinski definition) is 5. The van der Waals surface area contributed by atoms with Crippen molar-refractivity contribution >= 4 is 19.2 Å². The van der Waals surface area contributed by atoms with Crippen LogP contribution in [-0.2, 0) is 31.8 Å². The topological polar surface area (TPSA) is 61.8 Å². The molecule has 0 bridgehead atoms. The SMILES string of the molecule is C[Si](C)OC[C@@H]([C@H](CCc1ccc(F)cc1OCc1ccccc1)OS(C)(=O)=O)C(C)(C)C. The summed E-state index contributed by atoms with van der Waals surface area (Å²) in [6.07, 6.45) is 1.41. The van der Waals surface area contributed by atoms with Crippen LogP contribution in [0.1, 0.15) is 38.3 Å². The maximum atomic E-state index is 14.0. The van der Waals surface area contributed by atoms with Crippen LogP contribution in [0.4, 0.5) is 4.39 Å². The summed E-state index contributed by atoms with van der Waals surface area (Å²) in [5, 5.41) is 0. The van der Waals surface area contributed by atoms with Crippen molar-refractivity contribution in [3.63, 3.8) is 0 Å². The molecule has 0 fully saturated rings. The molecule has 0 saturated carbocycles. The first kappa shape index (κ1) is 27.5. The van der Waals surface area contributed by atoms with Crippen LogP contribution in [0.15, 0.2) is 48.5 Å². The summed E-state index contributed by atoms with van der Waals surface area (Å²) in [6.45, 7) is 11.0. The van der Waals surface area contributed by atoms with Crippen LogP contribution in [0.3, 0.4) is 0 Å². The molecule has 2 rings (SSSR count). The molecule has 0 N–H and O–H groups in total. The van der Waals surface area contributed by atoms with Crippen LogP contribution < -0.4 is 4.74 Å². The van der Waals surface area contributed by atoms with Gasteiger partial charge < -0.3 is 9.16 Å². The number of aryl methyl sites for hydroxylation is 1. The van der Waals surface area contributed by atoms with Crippen molar-refractivity contribution in [1.82, 2.24) is 0 Å². The lowest BCUT2D eigenvalue weighted by molar-refractivity contribution is 0.0274. The van der Waals surface area contributed by atoms with Gasteiger partial charge in [-0.2, -0.15) is 8.42 Å². The van der Waals surface area contributed by atoms with Gasteiger partial charge in [-0.3, -0.25) is 4.18 Å². The highest BCUT2D eigenvalue weighted by Crippen LogP contribution is 2.34. The first-order valence-electron chi connectivity index (χ1n) is 11.1. The highest BCUT2D eigenvalue weighted by molar-refractivity contribution is 7.86. The molecule has 0 spiro atoms. The summed E-state index contributed by atoms with van der Waals surface area (Å²) in [5.41, 5.74) is 1.55. The number of hydrogen-bond donors (Lipinski definition) is 0. The first-order chi connectivity index (χ1) is 15.3. The second-order valence-electron chi connectivity index (χ2n) is 9.60. The minimum atomic E-state index is -3.67. The summed E-state index contributed by atoms with van der Waals surface area (Å²) in [7, 11) is -4.62. The molecular weight excluding hydrogens is 459 g/mol. The zero-order chi connectivity index (χ0) is 24.6. The van der Waals surface area contributed by atoms with Gasteiger partial charge in [0.25, 0.3) is 10.1 Å². The Hall–Kier alpha value is -1.74. The van der Waals surface area contributed by atoms with E-state index >= 15 is 0 Å². The van der Waals surface area contributed by atoms with Gasteiger partial charge in [-0.25, -0.2) is 4.39 Å². The van der Waals surface area contributed by atoms with Crippen LogP contribution in [0, 0.1) is 17.2 Å². The number of benzene rings is 2. The quantitative estimate of drug-likeness (QED) is 0.283. The van der Waals surface area contributed by atoms with Gasteiger partial charge in [-0.15, -0.1) is 0 Å². The van der Waals surface area contributed by atoms with Crippen molar-refractivity contribution in [1.29, 1.82) is 0 Å². The maximum absolute atomic E-state index is 14.0. The van der Waals surface area contributed by atoms with Crippen LogP contribution in [0.25, 0.3) is 0 Å². The Morgan fingerprint density at radius 1 is 1.06 bits per heavy atom. The molecule has 0 unspecified atom stereocenters. The van der Waals surface area contributed by atoms with Crippen molar-refractivity contribution in [2.24, 2.45) is 11.3 Å². The van der Waals surface area contributed by atoms with Crippen LogP contribution in [-0.4, -0.2) is 36.4 Å². The summed E-state index contributed by atoms with van der Waals surface area (Å²) in [4.78, 5) is 0. The zero-order valence-corrected chi connectivity index (χ0v) is 22.2. The summed E-state index contributed by atoms with van der Waals surface area (Å²) >= 11 is 0. The average Bonchev–Trinajstić information content (AvgIpc) is 2.69. The third kappa shape index (κ3) is 9.96. The van der Waals surface area contributed by atoms with E-state index in [0.29, 0.717) is 31.8 Å². The van der Waals surface area contributed by atoms with Crippen molar-refractivity contribution < 1.29 is 26.2 Å². The predicted molar refractivity (Wildman–Crippen MR) is 132 cm³/mol. The van der Waals surface area contributed by atoms with Crippen LogP contribution >= 0.6 is 0 Å². The van der Waals surface area contributed by atoms with E-state index in [1.165, 1.54) is 12.1 Å². The minimum absolute atomic E-state index is 0.138. The fourth-order valence-electron chi connectivity index (χ4n) is 3.61. The van der Waals surface area contributed by atoms with Crippen LogP contribution in [0.5, 0.6) is 5.75 Å². The molecule has 2 atom stereocenters. The normalized spacial score (nSPS) is 14.3. The Morgan fingerprint density at radius 3 is 2.30 bits per heavy atom. The van der Waals surface area contributed by atoms with E-state index in [0.717, 1.165) is 17.4 Å². The van der Waals surface area contributed by atoms with Gasteiger partial charge in [-0.05, 0) is 48.5 Å². The molecule has 183 valence electrons. The molecule has 0 aliphatic carbocycles. The highest BCUT2D eigenvalue weighted by atomic mass is 32.2. The van der Waals surface area contributed by atoms with E-state index in [1.807, 2.05) is 43.4 Å². The molecule has 5 nitrogen and oxygen atoms in total. The number of rotatable bonds is 12. The van der Waals surface area contributed by atoms with E-state index in [2.05, 4.69) is 20.8 Å². The molecular formula is C25H36FO5SSi. The van der Waals surface area contributed by atoms with Gasteiger partial charge >= 0.3 is 0 Å². The second-order valence-corrected chi connectivity index (χ2v) is 13.3. The lowest BCUT2D eigenvalue weighted by atomic mass is 9.76. The summed E-state index contributed by atoms with van der Waals surface area (Å²) in [5.74, 6) is -0.0679. The van der Waals surface area contributed by atoms with E-state index in [9.17, 15) is 12.8 Å². The van der Waals surface area contributed by atoms with Gasteiger partial charge in [0.05, 0.1) is 12.4 Å². The molecule has 8 heteroatoms. The Morgan fingerprint density at radius 2 is 1.73 bits per heavy atom. The predicted octanol–water partition coefficient (Wildman–Crippen LogP) is 5.61. The zero-order valence-electron chi connectivity index (χ0n) is 20.4. The molecule has 0 heterocycles. The van der Waals surface area contributed by atoms with Gasteiger partial charge in [0.1, 0.15) is 18.2 Å². The molecule has 0 amide bonds. The molecule has 0 saturated heterocycles. The van der Waals surface area contributed by atoms with Gasteiger partial charge in [0, 0.05) is 18.6 Å². The van der Waals surface area contributed by atoms with Crippen molar-refractivity contribution in [2.45, 2.75) is 59.4 Å². The Kier molecular flexibility index (Phi) is 10.1. The van der Waals surface area contributed by atoms with Crippen molar-refractivity contribution in [3.05, 3.63) is 65.5 Å². The monoisotopic (exact) mass is 495 g/mol. The van der Waals surface area contributed by atoms with Crippen molar-refractivity contribution in [3.8, 4) is 5.75 Å². The molecule has 2 aromatic rings. The highest BCUT2D eigenvalue weighted by Gasteiger charge is 2.35. The maximum Gasteiger partial charge on any atom is 0.264 e. The van der Waals surface area contributed by atoms with Gasteiger partial charge in [-0.1, -0.05) is 57.2 Å². The Balaban J connectivity index is 2.23. The molecule has 0 aliphatic heterocycles. The molecule has 33 heavy (non-hydrogen) atoms. The average molecular weight is 496 g/mol. The minimum Gasteiger partial charge on any atom is -0.489 e.